The number of amides is 2. The van der Waals surface area contributed by atoms with Crippen LogP contribution in [0.15, 0.2) is 77.7 Å². The maximum absolute atomic E-state index is 14.1. The summed E-state index contributed by atoms with van der Waals surface area (Å²) >= 11 is 0. The second-order valence-corrected chi connectivity index (χ2v) is 11.9. The van der Waals surface area contributed by atoms with E-state index >= 15 is 0 Å². The number of hydrogen-bond acceptors (Lipinski definition) is 5. The van der Waals surface area contributed by atoms with Crippen molar-refractivity contribution in [2.45, 2.75) is 64.6 Å². The Morgan fingerprint density at radius 2 is 1.57 bits per heavy atom. The number of nitrogens with one attached hydrogen (secondary N) is 1. The van der Waals surface area contributed by atoms with Crippen molar-refractivity contribution in [3.8, 4) is 5.75 Å². The lowest BCUT2D eigenvalue weighted by atomic mass is 10.1. The average Bonchev–Trinajstić information content (AvgIpc) is 2.93. The topological polar surface area (TPSA) is 96.0 Å². The molecule has 0 aliphatic heterocycles. The summed E-state index contributed by atoms with van der Waals surface area (Å²) in [6.07, 6.45) is 0.357. The Bertz CT molecular complexity index is 1410. The number of rotatable bonds is 12. The van der Waals surface area contributed by atoms with E-state index in [4.69, 9.17) is 4.74 Å². The van der Waals surface area contributed by atoms with Crippen molar-refractivity contribution in [2.75, 3.05) is 18.0 Å². The molecule has 0 aromatic heterocycles. The normalized spacial score (nSPS) is 12.1. The predicted molar refractivity (Wildman–Crippen MR) is 158 cm³/mol. The summed E-state index contributed by atoms with van der Waals surface area (Å²) in [5.41, 5.74) is 2.85. The van der Waals surface area contributed by atoms with Crippen molar-refractivity contribution in [3.63, 3.8) is 0 Å². The van der Waals surface area contributed by atoms with Crippen molar-refractivity contribution in [1.29, 1.82) is 0 Å². The van der Waals surface area contributed by atoms with Gasteiger partial charge in [-0.15, -0.1) is 0 Å². The Morgan fingerprint density at radius 1 is 0.925 bits per heavy atom. The highest BCUT2D eigenvalue weighted by molar-refractivity contribution is 7.92. The van der Waals surface area contributed by atoms with Gasteiger partial charge in [0.1, 0.15) is 18.3 Å². The van der Waals surface area contributed by atoms with Crippen LogP contribution in [0.25, 0.3) is 0 Å². The molecule has 3 rings (SSSR count). The van der Waals surface area contributed by atoms with Crippen LogP contribution in [-0.4, -0.2) is 50.9 Å². The number of benzene rings is 3. The number of sulfonamides is 1. The quantitative estimate of drug-likeness (QED) is 0.339. The first-order valence-corrected chi connectivity index (χ1v) is 14.8. The van der Waals surface area contributed by atoms with Gasteiger partial charge in [0.25, 0.3) is 10.0 Å². The second kappa shape index (κ2) is 13.5. The highest BCUT2D eigenvalue weighted by Gasteiger charge is 2.34. The van der Waals surface area contributed by atoms with E-state index in [9.17, 15) is 18.0 Å². The van der Waals surface area contributed by atoms with Gasteiger partial charge in [-0.1, -0.05) is 49.4 Å². The molecule has 1 unspecified atom stereocenters. The largest absolute Gasteiger partial charge is 0.497 e. The van der Waals surface area contributed by atoms with E-state index in [0.717, 1.165) is 21.0 Å². The predicted octanol–water partition coefficient (Wildman–Crippen LogP) is 4.84. The van der Waals surface area contributed by atoms with Crippen molar-refractivity contribution < 1.29 is 22.7 Å². The van der Waals surface area contributed by atoms with Gasteiger partial charge in [-0.05, 0) is 81.1 Å². The zero-order valence-electron chi connectivity index (χ0n) is 24.0. The van der Waals surface area contributed by atoms with Crippen LogP contribution in [-0.2, 0) is 26.2 Å². The molecule has 0 heterocycles. The van der Waals surface area contributed by atoms with Crippen LogP contribution in [0.5, 0.6) is 5.75 Å². The number of hydrogen-bond donors (Lipinski definition) is 1. The molecule has 8 nitrogen and oxygen atoms in total. The van der Waals surface area contributed by atoms with Crippen molar-refractivity contribution in [2.24, 2.45) is 0 Å². The zero-order chi connectivity index (χ0) is 29.4. The third-order valence-corrected chi connectivity index (χ3v) is 8.56. The fourth-order valence-electron chi connectivity index (χ4n) is 4.47. The first kappa shape index (κ1) is 30.7. The van der Waals surface area contributed by atoms with E-state index in [2.05, 4.69) is 5.32 Å². The molecule has 1 N–H and O–H groups in total. The maximum atomic E-state index is 14.1. The number of anilines is 1. The molecule has 0 bridgehead atoms. The molecular weight excluding hydrogens is 526 g/mol. The number of carbonyl (C=O) groups excluding carboxylic acids is 2. The average molecular weight is 566 g/mol. The molecular formula is C31H39N3O5S. The molecule has 0 aliphatic rings. The lowest BCUT2D eigenvalue weighted by molar-refractivity contribution is -0.140. The number of methoxy groups -OCH3 is 1. The number of nitrogens with zero attached hydrogens (tertiary/aromatic N) is 2. The number of ether oxygens (including phenoxy) is 1. The van der Waals surface area contributed by atoms with Gasteiger partial charge in [-0.2, -0.15) is 0 Å². The van der Waals surface area contributed by atoms with E-state index in [0.29, 0.717) is 17.9 Å². The molecule has 0 saturated carbocycles. The molecule has 0 fully saturated rings. The summed E-state index contributed by atoms with van der Waals surface area (Å²) in [4.78, 5) is 28.9. The number of aryl methyl sites for hydroxylation is 1. The Kier molecular flexibility index (Phi) is 10.3. The molecule has 0 saturated heterocycles. The SMILES string of the molecule is CCC(C(=O)NC(C)C)N(Cc1ccc(OC)cc1)C(=O)CN(c1cccc(C)c1C)S(=O)(=O)c1ccccc1. The van der Waals surface area contributed by atoms with Crippen molar-refractivity contribution in [3.05, 3.63) is 89.5 Å². The monoisotopic (exact) mass is 565 g/mol. The first-order chi connectivity index (χ1) is 19.0. The maximum Gasteiger partial charge on any atom is 0.264 e. The standard InChI is InChI=1S/C31H39N3O5S/c1-7-28(31(36)32-22(2)3)33(20-25-16-18-26(39-6)19-17-25)30(35)21-34(29-15-11-12-23(4)24(29)5)40(37,38)27-13-9-8-10-14-27/h8-19,22,28H,7,20-21H2,1-6H3,(H,32,36). The smallest absolute Gasteiger partial charge is 0.264 e. The molecule has 3 aromatic carbocycles. The van der Waals surface area contributed by atoms with Gasteiger partial charge < -0.3 is 15.0 Å². The minimum absolute atomic E-state index is 0.0787. The summed E-state index contributed by atoms with van der Waals surface area (Å²) in [7, 11) is -2.53. The van der Waals surface area contributed by atoms with E-state index < -0.39 is 28.5 Å². The van der Waals surface area contributed by atoms with Gasteiger partial charge in [0.05, 0.1) is 17.7 Å². The fourth-order valence-corrected chi connectivity index (χ4v) is 5.96. The van der Waals surface area contributed by atoms with Gasteiger partial charge in [0.2, 0.25) is 11.8 Å². The lowest BCUT2D eigenvalue weighted by Crippen LogP contribution is -2.53. The summed E-state index contributed by atoms with van der Waals surface area (Å²) in [6.45, 7) is 8.93. The number of carbonyl (C=O) groups is 2. The molecule has 9 heteroatoms. The van der Waals surface area contributed by atoms with Crippen molar-refractivity contribution in [1.82, 2.24) is 10.2 Å². The van der Waals surface area contributed by atoms with Gasteiger partial charge in [-0.3, -0.25) is 13.9 Å². The Morgan fingerprint density at radius 3 is 2.15 bits per heavy atom. The zero-order valence-corrected chi connectivity index (χ0v) is 24.9. The molecule has 1 atom stereocenters. The van der Waals surface area contributed by atoms with Gasteiger partial charge in [0.15, 0.2) is 0 Å². The highest BCUT2D eigenvalue weighted by Crippen LogP contribution is 2.29. The molecule has 0 aliphatic carbocycles. The third-order valence-electron chi connectivity index (χ3n) is 6.78. The van der Waals surface area contributed by atoms with Crippen LogP contribution >= 0.6 is 0 Å². The van der Waals surface area contributed by atoms with Crippen LogP contribution in [0.2, 0.25) is 0 Å². The lowest BCUT2D eigenvalue weighted by Gasteiger charge is -2.34. The third kappa shape index (κ3) is 7.21. The van der Waals surface area contributed by atoms with Crippen LogP contribution in [0, 0.1) is 13.8 Å². The minimum Gasteiger partial charge on any atom is -0.497 e. The van der Waals surface area contributed by atoms with Crippen LogP contribution in [0.3, 0.4) is 0 Å². The highest BCUT2D eigenvalue weighted by atomic mass is 32.2. The van der Waals surface area contributed by atoms with E-state index in [1.165, 1.54) is 17.0 Å². The summed E-state index contributed by atoms with van der Waals surface area (Å²) in [5, 5.41) is 2.91. The Hall–Kier alpha value is -3.85. The van der Waals surface area contributed by atoms with Crippen LogP contribution < -0.4 is 14.4 Å². The van der Waals surface area contributed by atoms with Gasteiger partial charge in [-0.25, -0.2) is 8.42 Å². The van der Waals surface area contributed by atoms with E-state index in [-0.39, 0.29) is 23.4 Å². The summed E-state index contributed by atoms with van der Waals surface area (Å²) < 4.78 is 34.3. The minimum atomic E-state index is -4.11. The fraction of sp³-hybridized carbons (Fsp3) is 0.355. The Labute approximate surface area is 238 Å². The molecule has 3 aromatic rings. The first-order valence-electron chi connectivity index (χ1n) is 13.4. The van der Waals surface area contributed by atoms with E-state index in [1.807, 2.05) is 52.8 Å². The van der Waals surface area contributed by atoms with Gasteiger partial charge in [0, 0.05) is 12.6 Å². The van der Waals surface area contributed by atoms with Crippen molar-refractivity contribution >= 4 is 27.5 Å². The summed E-state index contributed by atoms with van der Waals surface area (Å²) in [5.74, 6) is -0.105. The summed E-state index contributed by atoms with van der Waals surface area (Å²) in [6, 6.07) is 19.7. The molecule has 2 amide bonds. The van der Waals surface area contributed by atoms with E-state index in [1.54, 1.807) is 49.6 Å². The van der Waals surface area contributed by atoms with Crippen LogP contribution in [0.4, 0.5) is 5.69 Å². The van der Waals surface area contributed by atoms with Crippen LogP contribution in [0.1, 0.15) is 43.9 Å². The second-order valence-electron chi connectivity index (χ2n) is 10.0. The molecule has 40 heavy (non-hydrogen) atoms. The molecule has 0 radical (unpaired) electrons. The molecule has 0 spiro atoms. The Balaban J connectivity index is 2.09. The van der Waals surface area contributed by atoms with Gasteiger partial charge >= 0.3 is 0 Å². The molecule has 214 valence electrons.